The first-order chi connectivity index (χ1) is 9.10. The fourth-order valence-corrected chi connectivity index (χ4v) is 1.82. The lowest BCUT2D eigenvalue weighted by molar-refractivity contribution is -0.384. The van der Waals surface area contributed by atoms with E-state index in [2.05, 4.69) is 26.2 Å². The van der Waals surface area contributed by atoms with E-state index >= 15 is 0 Å². The molecule has 0 atom stereocenters. The third-order valence-corrected chi connectivity index (χ3v) is 2.80. The average molecular weight is 324 g/mol. The van der Waals surface area contributed by atoms with Gasteiger partial charge in [0.05, 0.1) is 12.0 Å². The van der Waals surface area contributed by atoms with Crippen LogP contribution in [-0.4, -0.2) is 17.0 Å². The van der Waals surface area contributed by atoms with Gasteiger partial charge in [-0.2, -0.15) is 0 Å². The van der Waals surface area contributed by atoms with E-state index in [1.54, 1.807) is 31.4 Å². The van der Waals surface area contributed by atoms with Gasteiger partial charge in [0.15, 0.2) is 0 Å². The van der Waals surface area contributed by atoms with Crippen LogP contribution in [0.15, 0.2) is 41.0 Å². The third kappa shape index (κ3) is 3.19. The number of halogens is 1. The number of pyridine rings is 1. The van der Waals surface area contributed by atoms with Gasteiger partial charge in [0.25, 0.3) is 0 Å². The largest absolute Gasteiger partial charge is 0.497 e. The van der Waals surface area contributed by atoms with Crippen LogP contribution in [0.25, 0.3) is 0 Å². The highest BCUT2D eigenvalue weighted by molar-refractivity contribution is 9.10. The minimum absolute atomic E-state index is 0.0998. The van der Waals surface area contributed by atoms with Gasteiger partial charge in [-0.05, 0) is 28.1 Å². The van der Waals surface area contributed by atoms with Crippen LogP contribution in [0.2, 0.25) is 0 Å². The molecule has 0 bridgehead atoms. The second-order valence-electron chi connectivity index (χ2n) is 3.64. The van der Waals surface area contributed by atoms with Crippen molar-refractivity contribution in [1.29, 1.82) is 0 Å². The molecule has 0 amide bonds. The molecule has 0 aliphatic rings. The number of anilines is 2. The summed E-state index contributed by atoms with van der Waals surface area (Å²) in [4.78, 5) is 14.5. The Morgan fingerprint density at radius 2 is 2.21 bits per heavy atom. The lowest BCUT2D eigenvalue weighted by Gasteiger charge is -2.07. The summed E-state index contributed by atoms with van der Waals surface area (Å²) in [6.45, 7) is 0. The van der Waals surface area contributed by atoms with Gasteiger partial charge in [-0.15, -0.1) is 0 Å². The van der Waals surface area contributed by atoms with E-state index in [0.717, 1.165) is 0 Å². The molecule has 1 aromatic heterocycles. The van der Waals surface area contributed by atoms with Crippen molar-refractivity contribution in [1.82, 2.24) is 4.98 Å². The number of ether oxygens (including phenoxy) is 1. The molecule has 2 aromatic rings. The molecule has 0 saturated heterocycles. The SMILES string of the molecule is COc1cccc(Nc2ncc(Br)cc2[N+](=O)[O-])c1. The molecule has 6 nitrogen and oxygen atoms in total. The number of benzene rings is 1. The van der Waals surface area contributed by atoms with E-state index in [4.69, 9.17) is 4.74 Å². The standard InChI is InChI=1S/C12H10BrN3O3/c1-19-10-4-2-3-9(6-10)15-12-11(16(17)18)5-8(13)7-14-12/h2-7H,1H3,(H,14,15). The maximum atomic E-state index is 11.0. The molecule has 0 fully saturated rings. The second-order valence-corrected chi connectivity index (χ2v) is 4.55. The first-order valence-corrected chi connectivity index (χ1v) is 6.10. The fraction of sp³-hybridized carbons (Fsp3) is 0.0833. The smallest absolute Gasteiger partial charge is 0.312 e. The van der Waals surface area contributed by atoms with Gasteiger partial charge < -0.3 is 10.1 Å². The van der Waals surface area contributed by atoms with E-state index in [1.165, 1.54) is 12.3 Å². The summed E-state index contributed by atoms with van der Waals surface area (Å²) < 4.78 is 5.64. The molecule has 1 heterocycles. The zero-order valence-electron chi connectivity index (χ0n) is 9.96. The Balaban J connectivity index is 2.34. The van der Waals surface area contributed by atoms with Crippen molar-refractivity contribution in [3.63, 3.8) is 0 Å². The van der Waals surface area contributed by atoms with Gasteiger partial charge in [-0.3, -0.25) is 10.1 Å². The number of methoxy groups -OCH3 is 1. The third-order valence-electron chi connectivity index (χ3n) is 2.36. The molecule has 0 aliphatic heterocycles. The number of hydrogen-bond acceptors (Lipinski definition) is 5. The van der Waals surface area contributed by atoms with Crippen molar-refractivity contribution in [2.75, 3.05) is 12.4 Å². The molecule has 0 saturated carbocycles. The lowest BCUT2D eigenvalue weighted by atomic mass is 10.3. The predicted octanol–water partition coefficient (Wildman–Crippen LogP) is 3.50. The fourth-order valence-electron chi connectivity index (χ4n) is 1.50. The summed E-state index contributed by atoms with van der Waals surface area (Å²) in [5.41, 5.74) is 0.564. The van der Waals surface area contributed by atoms with Gasteiger partial charge in [0.2, 0.25) is 5.82 Å². The Morgan fingerprint density at radius 3 is 2.89 bits per heavy atom. The number of hydrogen-bond donors (Lipinski definition) is 1. The summed E-state index contributed by atoms with van der Waals surface area (Å²) in [7, 11) is 1.56. The summed E-state index contributed by atoms with van der Waals surface area (Å²) in [5.74, 6) is 0.839. The molecular formula is C12H10BrN3O3. The highest BCUT2D eigenvalue weighted by Crippen LogP contribution is 2.29. The molecule has 98 valence electrons. The second kappa shape index (κ2) is 5.66. The Labute approximate surface area is 117 Å². The van der Waals surface area contributed by atoms with E-state index in [-0.39, 0.29) is 11.5 Å². The maximum absolute atomic E-state index is 11.0. The highest BCUT2D eigenvalue weighted by Gasteiger charge is 2.16. The molecule has 1 N–H and O–H groups in total. The molecule has 19 heavy (non-hydrogen) atoms. The first-order valence-electron chi connectivity index (χ1n) is 5.31. The summed E-state index contributed by atoms with van der Waals surface area (Å²) in [5, 5.41) is 13.9. The first kappa shape index (κ1) is 13.3. The lowest BCUT2D eigenvalue weighted by Crippen LogP contribution is -1.99. The van der Waals surface area contributed by atoms with Gasteiger partial charge in [-0.25, -0.2) is 4.98 Å². The zero-order chi connectivity index (χ0) is 13.8. The van der Waals surface area contributed by atoms with Crippen molar-refractivity contribution in [2.45, 2.75) is 0 Å². The number of rotatable bonds is 4. The van der Waals surface area contributed by atoms with Gasteiger partial charge in [0.1, 0.15) is 5.75 Å². The van der Waals surface area contributed by atoms with Crippen molar-refractivity contribution in [3.8, 4) is 5.75 Å². The van der Waals surface area contributed by atoms with Crippen LogP contribution in [0.3, 0.4) is 0 Å². The number of nitrogens with zero attached hydrogens (tertiary/aromatic N) is 2. The predicted molar refractivity (Wildman–Crippen MR) is 74.9 cm³/mol. The number of aromatic nitrogens is 1. The summed E-state index contributed by atoms with van der Waals surface area (Å²) in [6, 6.07) is 8.47. The van der Waals surface area contributed by atoms with Crippen molar-refractivity contribution < 1.29 is 9.66 Å². The van der Waals surface area contributed by atoms with Crippen LogP contribution >= 0.6 is 15.9 Å². The zero-order valence-corrected chi connectivity index (χ0v) is 11.5. The van der Waals surface area contributed by atoms with Crippen LogP contribution in [0.1, 0.15) is 0 Å². The minimum atomic E-state index is -0.486. The molecule has 1 aromatic carbocycles. The van der Waals surface area contributed by atoms with Crippen LogP contribution in [0, 0.1) is 10.1 Å². The monoisotopic (exact) mass is 323 g/mol. The molecular weight excluding hydrogens is 314 g/mol. The van der Waals surface area contributed by atoms with Crippen LogP contribution in [0.4, 0.5) is 17.2 Å². The molecule has 7 heteroatoms. The van der Waals surface area contributed by atoms with E-state index in [0.29, 0.717) is 15.9 Å². The van der Waals surface area contributed by atoms with E-state index in [1.807, 2.05) is 0 Å². The Kier molecular flexibility index (Phi) is 3.96. The van der Waals surface area contributed by atoms with Crippen LogP contribution < -0.4 is 10.1 Å². The minimum Gasteiger partial charge on any atom is -0.497 e. The van der Waals surface area contributed by atoms with Gasteiger partial charge in [0, 0.05) is 28.5 Å². The summed E-state index contributed by atoms with van der Waals surface area (Å²) in [6.07, 6.45) is 1.50. The Hall–Kier alpha value is -2.15. The number of nitro groups is 1. The highest BCUT2D eigenvalue weighted by atomic mass is 79.9. The van der Waals surface area contributed by atoms with E-state index in [9.17, 15) is 10.1 Å². The molecule has 2 rings (SSSR count). The Bertz CT molecular complexity index is 619. The summed E-state index contributed by atoms with van der Waals surface area (Å²) >= 11 is 3.16. The normalized spacial score (nSPS) is 10.0. The maximum Gasteiger partial charge on any atom is 0.312 e. The quantitative estimate of drug-likeness (QED) is 0.688. The molecule has 0 unspecified atom stereocenters. The Morgan fingerprint density at radius 1 is 1.42 bits per heavy atom. The van der Waals surface area contributed by atoms with E-state index < -0.39 is 4.92 Å². The van der Waals surface area contributed by atoms with Gasteiger partial charge >= 0.3 is 5.69 Å². The van der Waals surface area contributed by atoms with Crippen molar-refractivity contribution in [3.05, 3.63) is 51.1 Å². The average Bonchev–Trinajstić information content (AvgIpc) is 2.41. The van der Waals surface area contributed by atoms with Gasteiger partial charge in [-0.1, -0.05) is 6.07 Å². The molecule has 0 spiro atoms. The molecule has 0 aliphatic carbocycles. The topological polar surface area (TPSA) is 77.3 Å². The van der Waals surface area contributed by atoms with Crippen molar-refractivity contribution in [2.24, 2.45) is 0 Å². The van der Waals surface area contributed by atoms with Crippen LogP contribution in [0.5, 0.6) is 5.75 Å². The molecule has 0 radical (unpaired) electrons. The van der Waals surface area contributed by atoms with Crippen molar-refractivity contribution >= 4 is 33.1 Å². The van der Waals surface area contributed by atoms with Crippen LogP contribution in [-0.2, 0) is 0 Å². The number of nitrogens with one attached hydrogen (secondary N) is 1.